The Hall–Kier alpha value is -3.25. The molecule has 1 aliphatic rings. The van der Waals surface area contributed by atoms with Crippen LogP contribution in [0.4, 0.5) is 22.0 Å². The molecule has 0 aliphatic carbocycles. The predicted octanol–water partition coefficient (Wildman–Crippen LogP) is 3.90. The molecule has 3 N–H and O–H groups in total. The van der Waals surface area contributed by atoms with E-state index in [1.165, 1.54) is 0 Å². The Morgan fingerprint density at radius 1 is 1.14 bits per heavy atom. The molecule has 1 atom stereocenters. The van der Waals surface area contributed by atoms with Gasteiger partial charge in [0.05, 0.1) is 17.6 Å². The summed E-state index contributed by atoms with van der Waals surface area (Å²) < 4.78 is 60.9. The fourth-order valence-corrected chi connectivity index (χ4v) is 3.78. The van der Waals surface area contributed by atoms with Gasteiger partial charge in [-0.3, -0.25) is 4.79 Å². The van der Waals surface area contributed by atoms with Gasteiger partial charge < -0.3 is 20.3 Å². The lowest BCUT2D eigenvalue weighted by atomic mass is 10.0. The number of nitrogens with two attached hydrogens (primary N) is 1. The van der Waals surface area contributed by atoms with E-state index in [0.717, 1.165) is 35.1 Å². The smallest absolute Gasteiger partial charge is 0.475 e. The Morgan fingerprint density at radius 3 is 2.49 bits per heavy atom. The molecular formula is C22H20ClF5N4O3. The van der Waals surface area contributed by atoms with Gasteiger partial charge in [-0.05, 0) is 48.4 Å². The van der Waals surface area contributed by atoms with Gasteiger partial charge in [0, 0.05) is 30.6 Å². The number of benzene rings is 2. The molecule has 4 rings (SSSR count). The zero-order valence-corrected chi connectivity index (χ0v) is 18.8. The molecule has 0 saturated carbocycles. The SMILES string of the molecule is NC(CC(=O)N1CCn2c(nc3cc(Cl)ccc32)C1)Cc1cc(F)ccc1F.O=C(O)C(F)(F)F. The van der Waals surface area contributed by atoms with Gasteiger partial charge in [0.25, 0.3) is 0 Å². The maximum Gasteiger partial charge on any atom is 0.490 e. The third-order valence-electron chi connectivity index (χ3n) is 5.24. The van der Waals surface area contributed by atoms with Crippen molar-refractivity contribution in [3.63, 3.8) is 0 Å². The number of imidazole rings is 1. The molecule has 1 aliphatic heterocycles. The fourth-order valence-electron chi connectivity index (χ4n) is 3.61. The lowest BCUT2D eigenvalue weighted by Crippen LogP contribution is -2.41. The van der Waals surface area contributed by atoms with Crippen LogP contribution in [-0.2, 0) is 29.1 Å². The third kappa shape index (κ3) is 6.67. The normalized spacial score (nSPS) is 14.2. The highest BCUT2D eigenvalue weighted by Crippen LogP contribution is 2.24. The monoisotopic (exact) mass is 518 g/mol. The molecule has 13 heteroatoms. The summed E-state index contributed by atoms with van der Waals surface area (Å²) in [5, 5.41) is 7.74. The number of hydrogen-bond donors (Lipinski definition) is 2. The van der Waals surface area contributed by atoms with Crippen LogP contribution < -0.4 is 5.73 Å². The summed E-state index contributed by atoms with van der Waals surface area (Å²) in [5.74, 6) is -3.13. The topological polar surface area (TPSA) is 101 Å². The minimum Gasteiger partial charge on any atom is -0.475 e. The van der Waals surface area contributed by atoms with Gasteiger partial charge in [-0.15, -0.1) is 0 Å². The lowest BCUT2D eigenvalue weighted by molar-refractivity contribution is -0.192. The first-order valence-corrected chi connectivity index (χ1v) is 10.6. The Bertz CT molecular complexity index is 1250. The Balaban J connectivity index is 0.000000429. The fraction of sp³-hybridized carbons (Fsp3) is 0.318. The van der Waals surface area contributed by atoms with E-state index in [0.29, 0.717) is 24.7 Å². The summed E-state index contributed by atoms with van der Waals surface area (Å²) in [7, 11) is 0. The first-order chi connectivity index (χ1) is 16.3. The van der Waals surface area contributed by atoms with Crippen LogP contribution in [0.1, 0.15) is 17.8 Å². The van der Waals surface area contributed by atoms with Crippen molar-refractivity contribution in [2.75, 3.05) is 6.54 Å². The zero-order valence-electron chi connectivity index (χ0n) is 18.0. The van der Waals surface area contributed by atoms with Gasteiger partial charge >= 0.3 is 12.1 Å². The summed E-state index contributed by atoms with van der Waals surface area (Å²) in [5.41, 5.74) is 8.00. The minimum atomic E-state index is -5.08. The highest BCUT2D eigenvalue weighted by molar-refractivity contribution is 6.31. The zero-order chi connectivity index (χ0) is 25.9. The van der Waals surface area contributed by atoms with Gasteiger partial charge in [-0.1, -0.05) is 11.6 Å². The number of aromatic nitrogens is 2. The minimum absolute atomic E-state index is 0.0575. The summed E-state index contributed by atoms with van der Waals surface area (Å²) in [6.07, 6.45) is -4.93. The van der Waals surface area contributed by atoms with Crippen molar-refractivity contribution in [3.05, 3.63) is 64.4 Å². The third-order valence-corrected chi connectivity index (χ3v) is 5.47. The predicted molar refractivity (Wildman–Crippen MR) is 117 cm³/mol. The number of rotatable bonds is 4. The van der Waals surface area contributed by atoms with E-state index < -0.39 is 29.8 Å². The molecule has 1 aromatic heterocycles. The van der Waals surface area contributed by atoms with Crippen molar-refractivity contribution in [1.29, 1.82) is 0 Å². The van der Waals surface area contributed by atoms with Crippen LogP contribution in [-0.4, -0.2) is 50.2 Å². The molecule has 7 nitrogen and oxygen atoms in total. The van der Waals surface area contributed by atoms with Gasteiger partial charge in [0.15, 0.2) is 0 Å². The standard InChI is InChI=1S/C20H19ClF2N4O.C2HF3O2/c21-13-1-4-18-17(9-13)25-19-11-26(5-6-27(18)19)20(28)10-15(24)8-12-7-14(22)2-3-16(12)23;3-2(4,5)1(6)7/h1-4,7,9,15H,5-6,8,10-11,24H2;(H,6,7). The van der Waals surface area contributed by atoms with Crippen LogP contribution in [0.3, 0.4) is 0 Å². The van der Waals surface area contributed by atoms with Crippen molar-refractivity contribution in [2.24, 2.45) is 5.73 Å². The maximum absolute atomic E-state index is 13.8. The van der Waals surface area contributed by atoms with Crippen molar-refractivity contribution in [1.82, 2.24) is 14.5 Å². The van der Waals surface area contributed by atoms with Crippen molar-refractivity contribution in [3.8, 4) is 0 Å². The summed E-state index contributed by atoms with van der Waals surface area (Å²) in [4.78, 5) is 27.8. The number of hydrogen-bond acceptors (Lipinski definition) is 4. The molecule has 2 aromatic carbocycles. The molecule has 0 fully saturated rings. The molecule has 0 bridgehead atoms. The average Bonchev–Trinajstić information content (AvgIpc) is 3.12. The lowest BCUT2D eigenvalue weighted by Gasteiger charge is -2.29. The second-order valence-electron chi connectivity index (χ2n) is 7.83. The first kappa shape index (κ1) is 26.4. The Morgan fingerprint density at radius 2 is 1.83 bits per heavy atom. The van der Waals surface area contributed by atoms with Crippen LogP contribution in [0.5, 0.6) is 0 Å². The molecule has 0 radical (unpaired) electrons. The number of carboxylic acids is 1. The number of carbonyl (C=O) groups is 2. The van der Waals surface area contributed by atoms with E-state index in [4.69, 9.17) is 27.2 Å². The van der Waals surface area contributed by atoms with Gasteiger partial charge in [0.1, 0.15) is 17.5 Å². The molecule has 1 amide bonds. The first-order valence-electron chi connectivity index (χ1n) is 10.3. The molecular weight excluding hydrogens is 499 g/mol. The number of carboxylic acid groups (broad SMARTS) is 1. The van der Waals surface area contributed by atoms with E-state index >= 15 is 0 Å². The van der Waals surface area contributed by atoms with E-state index in [2.05, 4.69) is 9.55 Å². The summed E-state index contributed by atoms with van der Waals surface area (Å²) in [6.45, 7) is 1.56. The van der Waals surface area contributed by atoms with E-state index in [1.807, 2.05) is 12.1 Å². The molecule has 0 saturated heterocycles. The molecule has 3 aromatic rings. The number of halogens is 6. The van der Waals surface area contributed by atoms with Gasteiger partial charge in [-0.2, -0.15) is 13.2 Å². The Kier molecular flexibility index (Phi) is 7.96. The van der Waals surface area contributed by atoms with Gasteiger partial charge in [0.2, 0.25) is 5.91 Å². The number of aliphatic carboxylic acids is 1. The van der Waals surface area contributed by atoms with Crippen LogP contribution in [0, 0.1) is 11.6 Å². The second kappa shape index (κ2) is 10.6. The average molecular weight is 519 g/mol. The van der Waals surface area contributed by atoms with Crippen LogP contribution in [0.2, 0.25) is 5.02 Å². The van der Waals surface area contributed by atoms with Crippen molar-refractivity contribution < 1.29 is 36.6 Å². The van der Waals surface area contributed by atoms with E-state index in [1.54, 1.807) is 11.0 Å². The van der Waals surface area contributed by atoms with Crippen LogP contribution >= 0.6 is 11.6 Å². The number of alkyl halides is 3. The van der Waals surface area contributed by atoms with Gasteiger partial charge in [-0.25, -0.2) is 18.6 Å². The number of fused-ring (bicyclic) bond motifs is 3. The largest absolute Gasteiger partial charge is 0.490 e. The summed E-state index contributed by atoms with van der Waals surface area (Å²) in [6, 6.07) is 8.20. The number of carbonyl (C=O) groups excluding carboxylic acids is 1. The van der Waals surface area contributed by atoms with E-state index in [-0.39, 0.29) is 24.3 Å². The van der Waals surface area contributed by atoms with E-state index in [9.17, 15) is 26.7 Å². The highest BCUT2D eigenvalue weighted by Gasteiger charge is 2.38. The highest BCUT2D eigenvalue weighted by atomic mass is 35.5. The maximum atomic E-state index is 13.8. The van der Waals surface area contributed by atoms with Crippen molar-refractivity contribution in [2.45, 2.75) is 38.1 Å². The molecule has 35 heavy (non-hydrogen) atoms. The van der Waals surface area contributed by atoms with Crippen LogP contribution in [0.15, 0.2) is 36.4 Å². The molecule has 0 spiro atoms. The van der Waals surface area contributed by atoms with Crippen molar-refractivity contribution >= 4 is 34.5 Å². The Labute approximate surface area is 200 Å². The molecule has 188 valence electrons. The quantitative estimate of drug-likeness (QED) is 0.510. The molecule has 1 unspecified atom stereocenters. The second-order valence-corrected chi connectivity index (χ2v) is 8.27. The number of amides is 1. The number of nitrogens with zero attached hydrogens (tertiary/aromatic N) is 3. The summed E-state index contributed by atoms with van der Waals surface area (Å²) >= 11 is 6.03. The van der Waals surface area contributed by atoms with Crippen LogP contribution in [0.25, 0.3) is 11.0 Å². The molecule has 2 heterocycles.